The smallest absolute Gasteiger partial charge is 0.0847 e. The standard InChI is InChI=1S/C10H18ClN3/c1-5-14-9(6-7(2)12-4)10(11)8(3)13-14/h7,12H,5-6H2,1-4H3. The van der Waals surface area contributed by atoms with Crippen molar-refractivity contribution in [3.05, 3.63) is 16.4 Å². The van der Waals surface area contributed by atoms with Gasteiger partial charge in [0, 0.05) is 19.0 Å². The van der Waals surface area contributed by atoms with Crippen LogP contribution in [-0.2, 0) is 13.0 Å². The van der Waals surface area contributed by atoms with Gasteiger partial charge in [0.2, 0.25) is 0 Å². The van der Waals surface area contributed by atoms with Crippen LogP contribution >= 0.6 is 11.6 Å². The van der Waals surface area contributed by atoms with E-state index in [0.717, 1.165) is 29.4 Å². The maximum atomic E-state index is 6.18. The van der Waals surface area contributed by atoms with E-state index in [-0.39, 0.29) is 0 Å². The number of aromatic nitrogens is 2. The molecule has 0 bridgehead atoms. The average molecular weight is 216 g/mol. The van der Waals surface area contributed by atoms with Gasteiger partial charge in [-0.05, 0) is 27.8 Å². The Balaban J connectivity index is 2.93. The van der Waals surface area contributed by atoms with Gasteiger partial charge in [0.1, 0.15) is 0 Å². The third-order valence-corrected chi connectivity index (χ3v) is 2.94. The number of hydrogen-bond acceptors (Lipinski definition) is 2. The van der Waals surface area contributed by atoms with Gasteiger partial charge >= 0.3 is 0 Å². The van der Waals surface area contributed by atoms with Crippen molar-refractivity contribution in [3.8, 4) is 0 Å². The SMILES string of the molecule is CCn1nc(C)c(Cl)c1CC(C)NC. The fraction of sp³-hybridized carbons (Fsp3) is 0.700. The molecule has 1 unspecified atom stereocenters. The lowest BCUT2D eigenvalue weighted by atomic mass is 10.2. The van der Waals surface area contributed by atoms with Gasteiger partial charge < -0.3 is 5.32 Å². The molecule has 0 amide bonds. The van der Waals surface area contributed by atoms with Gasteiger partial charge in [0.05, 0.1) is 16.4 Å². The number of hydrogen-bond donors (Lipinski definition) is 1. The second-order valence-electron chi connectivity index (χ2n) is 3.56. The summed E-state index contributed by atoms with van der Waals surface area (Å²) in [7, 11) is 1.96. The molecule has 1 N–H and O–H groups in total. The van der Waals surface area contributed by atoms with Crippen molar-refractivity contribution in [1.29, 1.82) is 0 Å². The fourth-order valence-corrected chi connectivity index (χ4v) is 1.67. The van der Waals surface area contributed by atoms with Gasteiger partial charge in [-0.1, -0.05) is 11.6 Å². The second kappa shape index (κ2) is 4.80. The average Bonchev–Trinajstić information content (AvgIpc) is 2.45. The Bertz CT molecular complexity index is 307. The summed E-state index contributed by atoms with van der Waals surface area (Å²) in [4.78, 5) is 0. The van der Waals surface area contributed by atoms with Crippen molar-refractivity contribution in [3.63, 3.8) is 0 Å². The minimum atomic E-state index is 0.425. The molecule has 0 aromatic carbocycles. The molecule has 1 aromatic rings. The normalized spacial score (nSPS) is 13.2. The number of nitrogens with one attached hydrogen (secondary N) is 1. The molecule has 0 spiro atoms. The lowest BCUT2D eigenvalue weighted by Crippen LogP contribution is -2.25. The highest BCUT2D eigenvalue weighted by molar-refractivity contribution is 6.31. The molecule has 1 rings (SSSR count). The van der Waals surface area contributed by atoms with Crippen LogP contribution < -0.4 is 5.32 Å². The van der Waals surface area contributed by atoms with E-state index in [2.05, 4.69) is 24.3 Å². The Kier molecular flexibility index (Phi) is 3.96. The molecule has 1 aromatic heterocycles. The maximum Gasteiger partial charge on any atom is 0.0847 e. The monoisotopic (exact) mass is 215 g/mol. The van der Waals surface area contributed by atoms with E-state index in [4.69, 9.17) is 11.6 Å². The first-order chi connectivity index (χ1) is 6.60. The molecule has 0 saturated heterocycles. The zero-order chi connectivity index (χ0) is 10.7. The van der Waals surface area contributed by atoms with Gasteiger partial charge in [-0.2, -0.15) is 5.10 Å². The largest absolute Gasteiger partial charge is 0.317 e. The molecule has 0 fully saturated rings. The number of aryl methyl sites for hydroxylation is 2. The van der Waals surface area contributed by atoms with Crippen LogP contribution in [-0.4, -0.2) is 22.9 Å². The minimum Gasteiger partial charge on any atom is -0.317 e. The topological polar surface area (TPSA) is 29.9 Å². The molecular weight excluding hydrogens is 198 g/mol. The van der Waals surface area contributed by atoms with E-state index in [0.29, 0.717) is 6.04 Å². The Labute approximate surface area is 90.4 Å². The van der Waals surface area contributed by atoms with Gasteiger partial charge in [-0.3, -0.25) is 4.68 Å². The van der Waals surface area contributed by atoms with Gasteiger partial charge in [0.25, 0.3) is 0 Å². The zero-order valence-corrected chi connectivity index (χ0v) is 10.0. The summed E-state index contributed by atoms with van der Waals surface area (Å²) in [6.45, 7) is 7.04. The number of rotatable bonds is 4. The first-order valence-corrected chi connectivity index (χ1v) is 5.37. The molecule has 80 valence electrons. The lowest BCUT2D eigenvalue weighted by Gasteiger charge is -2.11. The summed E-state index contributed by atoms with van der Waals surface area (Å²) in [5.41, 5.74) is 2.06. The number of likely N-dealkylation sites (N-methyl/N-ethyl adjacent to an activating group) is 1. The van der Waals surface area contributed by atoms with Crippen LogP contribution in [0.5, 0.6) is 0 Å². The van der Waals surface area contributed by atoms with Crippen LogP contribution in [0.2, 0.25) is 5.02 Å². The second-order valence-corrected chi connectivity index (χ2v) is 3.93. The highest BCUT2D eigenvalue weighted by atomic mass is 35.5. The Morgan fingerprint density at radius 2 is 2.21 bits per heavy atom. The number of halogens is 1. The highest BCUT2D eigenvalue weighted by Crippen LogP contribution is 2.21. The van der Waals surface area contributed by atoms with Gasteiger partial charge in [-0.15, -0.1) is 0 Å². The van der Waals surface area contributed by atoms with Crippen molar-refractivity contribution >= 4 is 11.6 Å². The molecule has 3 nitrogen and oxygen atoms in total. The first kappa shape index (κ1) is 11.5. The predicted octanol–water partition coefficient (Wildman–Crippen LogP) is 2.02. The van der Waals surface area contributed by atoms with Crippen LogP contribution in [0.15, 0.2) is 0 Å². The third-order valence-electron chi connectivity index (χ3n) is 2.45. The number of nitrogens with zero attached hydrogens (tertiary/aromatic N) is 2. The molecule has 0 aliphatic heterocycles. The minimum absolute atomic E-state index is 0.425. The van der Waals surface area contributed by atoms with Crippen LogP contribution in [0.3, 0.4) is 0 Å². The van der Waals surface area contributed by atoms with Crippen molar-refractivity contribution in [1.82, 2.24) is 15.1 Å². The van der Waals surface area contributed by atoms with E-state index in [1.807, 2.05) is 18.7 Å². The highest BCUT2D eigenvalue weighted by Gasteiger charge is 2.14. The molecule has 0 aliphatic carbocycles. The molecule has 0 saturated carbocycles. The quantitative estimate of drug-likeness (QED) is 0.833. The molecule has 1 heterocycles. The lowest BCUT2D eigenvalue weighted by molar-refractivity contribution is 0.551. The molecule has 0 aliphatic rings. The fourth-order valence-electron chi connectivity index (χ4n) is 1.46. The van der Waals surface area contributed by atoms with Crippen molar-refractivity contribution in [2.24, 2.45) is 0 Å². The van der Waals surface area contributed by atoms with Gasteiger partial charge in [0.15, 0.2) is 0 Å². The summed E-state index contributed by atoms with van der Waals surface area (Å²) < 4.78 is 1.98. The summed E-state index contributed by atoms with van der Waals surface area (Å²) in [6, 6.07) is 0.425. The van der Waals surface area contributed by atoms with Crippen LogP contribution in [0, 0.1) is 6.92 Å². The molecule has 14 heavy (non-hydrogen) atoms. The van der Waals surface area contributed by atoms with Crippen molar-refractivity contribution < 1.29 is 0 Å². The first-order valence-electron chi connectivity index (χ1n) is 4.99. The zero-order valence-electron chi connectivity index (χ0n) is 9.26. The molecular formula is C10H18ClN3. The Hall–Kier alpha value is -0.540. The summed E-state index contributed by atoms with van der Waals surface area (Å²) in [6.07, 6.45) is 0.921. The predicted molar refractivity (Wildman–Crippen MR) is 59.9 cm³/mol. The van der Waals surface area contributed by atoms with Crippen LogP contribution in [0.4, 0.5) is 0 Å². The van der Waals surface area contributed by atoms with E-state index < -0.39 is 0 Å². The molecule has 0 radical (unpaired) electrons. The van der Waals surface area contributed by atoms with Crippen molar-refractivity contribution in [2.45, 2.75) is 39.8 Å². The molecule has 1 atom stereocenters. The Morgan fingerprint density at radius 3 is 2.71 bits per heavy atom. The van der Waals surface area contributed by atoms with Crippen LogP contribution in [0.1, 0.15) is 25.2 Å². The van der Waals surface area contributed by atoms with E-state index in [9.17, 15) is 0 Å². The van der Waals surface area contributed by atoms with Crippen LogP contribution in [0.25, 0.3) is 0 Å². The third kappa shape index (κ3) is 2.28. The molecule has 4 heteroatoms. The Morgan fingerprint density at radius 1 is 1.57 bits per heavy atom. The van der Waals surface area contributed by atoms with E-state index >= 15 is 0 Å². The maximum absolute atomic E-state index is 6.18. The van der Waals surface area contributed by atoms with E-state index in [1.165, 1.54) is 0 Å². The summed E-state index contributed by atoms with van der Waals surface area (Å²) in [5.74, 6) is 0. The summed E-state index contributed by atoms with van der Waals surface area (Å²) in [5, 5.41) is 8.39. The van der Waals surface area contributed by atoms with E-state index in [1.54, 1.807) is 0 Å². The summed E-state index contributed by atoms with van der Waals surface area (Å²) >= 11 is 6.18. The van der Waals surface area contributed by atoms with Gasteiger partial charge in [-0.25, -0.2) is 0 Å². The van der Waals surface area contributed by atoms with Crippen molar-refractivity contribution in [2.75, 3.05) is 7.05 Å².